The second kappa shape index (κ2) is 6.32. The van der Waals surface area contributed by atoms with Gasteiger partial charge in [-0.15, -0.1) is 0 Å². The highest BCUT2D eigenvalue weighted by Crippen LogP contribution is 2.24. The molecule has 0 spiro atoms. The Morgan fingerprint density at radius 1 is 1.11 bits per heavy atom. The summed E-state index contributed by atoms with van der Waals surface area (Å²) < 4.78 is 1.12. The summed E-state index contributed by atoms with van der Waals surface area (Å²) in [6, 6.07) is 8.34. The van der Waals surface area contributed by atoms with Crippen LogP contribution in [0.3, 0.4) is 0 Å². The summed E-state index contributed by atoms with van der Waals surface area (Å²) in [4.78, 5) is 9.32. The van der Waals surface area contributed by atoms with Gasteiger partial charge in [-0.25, -0.2) is 9.97 Å². The van der Waals surface area contributed by atoms with Crippen LogP contribution in [0.5, 0.6) is 0 Å². The first kappa shape index (κ1) is 14.2. The Labute approximate surface area is 128 Å². The molecule has 0 bridgehead atoms. The third kappa shape index (κ3) is 3.23. The van der Waals surface area contributed by atoms with E-state index in [1.54, 1.807) is 0 Å². The van der Waals surface area contributed by atoms with Gasteiger partial charge in [-0.3, -0.25) is 0 Å². The highest BCUT2D eigenvalue weighted by Gasteiger charge is 2.11. The van der Waals surface area contributed by atoms with Crippen LogP contribution in [-0.4, -0.2) is 16.5 Å². The smallest absolute Gasteiger partial charge is 0.161 e. The van der Waals surface area contributed by atoms with E-state index in [-0.39, 0.29) is 0 Å². The van der Waals surface area contributed by atoms with Crippen LogP contribution in [0.4, 0.5) is 5.82 Å². The molecule has 0 atom stereocenters. The standard InChI is InChI=1S/C15H18IN3/c1-4-12-13(16)15(17-5-2)19-14(18-12)11-8-6-10(3)7-9-11/h6-9H,4-5H2,1-3H3,(H,17,18,19). The first-order valence-corrected chi connectivity index (χ1v) is 7.60. The molecular weight excluding hydrogens is 349 g/mol. The number of nitrogens with one attached hydrogen (secondary N) is 1. The zero-order valence-electron chi connectivity index (χ0n) is 11.5. The maximum absolute atomic E-state index is 4.67. The van der Waals surface area contributed by atoms with Crippen LogP contribution < -0.4 is 5.32 Å². The summed E-state index contributed by atoms with van der Waals surface area (Å²) in [5.74, 6) is 1.73. The van der Waals surface area contributed by atoms with Gasteiger partial charge in [-0.2, -0.15) is 0 Å². The minimum absolute atomic E-state index is 0.799. The number of aromatic nitrogens is 2. The van der Waals surface area contributed by atoms with Crippen molar-refractivity contribution in [2.75, 3.05) is 11.9 Å². The maximum atomic E-state index is 4.67. The zero-order valence-corrected chi connectivity index (χ0v) is 13.7. The molecule has 0 saturated carbocycles. The van der Waals surface area contributed by atoms with Gasteiger partial charge >= 0.3 is 0 Å². The molecule has 100 valence electrons. The average Bonchev–Trinajstić information content (AvgIpc) is 2.42. The molecule has 0 radical (unpaired) electrons. The average molecular weight is 367 g/mol. The van der Waals surface area contributed by atoms with E-state index >= 15 is 0 Å². The molecule has 0 unspecified atom stereocenters. The molecule has 4 heteroatoms. The number of hydrogen-bond donors (Lipinski definition) is 1. The Bertz CT molecular complexity index is 564. The highest BCUT2D eigenvalue weighted by atomic mass is 127. The second-order valence-corrected chi connectivity index (χ2v) is 5.49. The lowest BCUT2D eigenvalue weighted by Crippen LogP contribution is -2.07. The Balaban J connectivity index is 2.51. The van der Waals surface area contributed by atoms with Crippen LogP contribution in [0.1, 0.15) is 25.1 Å². The molecule has 0 aliphatic carbocycles. The fourth-order valence-corrected chi connectivity index (χ4v) is 2.66. The molecule has 1 heterocycles. The Morgan fingerprint density at radius 2 is 1.79 bits per heavy atom. The molecule has 19 heavy (non-hydrogen) atoms. The number of rotatable bonds is 4. The lowest BCUT2D eigenvalue weighted by Gasteiger charge is -2.11. The van der Waals surface area contributed by atoms with Crippen molar-refractivity contribution in [3.63, 3.8) is 0 Å². The number of aryl methyl sites for hydroxylation is 2. The van der Waals surface area contributed by atoms with Crippen LogP contribution in [0.15, 0.2) is 24.3 Å². The van der Waals surface area contributed by atoms with Gasteiger partial charge in [0.1, 0.15) is 5.82 Å². The van der Waals surface area contributed by atoms with Gasteiger partial charge in [-0.1, -0.05) is 36.8 Å². The molecule has 0 aliphatic rings. The fraction of sp³-hybridized carbons (Fsp3) is 0.333. The summed E-state index contributed by atoms with van der Waals surface area (Å²) in [5.41, 5.74) is 3.41. The van der Waals surface area contributed by atoms with Crippen LogP contribution >= 0.6 is 22.6 Å². The van der Waals surface area contributed by atoms with Gasteiger partial charge in [0.05, 0.1) is 9.26 Å². The molecule has 0 aliphatic heterocycles. The Kier molecular flexibility index (Phi) is 4.74. The maximum Gasteiger partial charge on any atom is 0.161 e. The normalized spacial score (nSPS) is 10.5. The SMILES string of the molecule is CCNc1nc(-c2ccc(C)cc2)nc(CC)c1I. The van der Waals surface area contributed by atoms with E-state index in [0.29, 0.717) is 0 Å². The van der Waals surface area contributed by atoms with Gasteiger partial charge in [0.2, 0.25) is 0 Å². The van der Waals surface area contributed by atoms with Crippen LogP contribution in [-0.2, 0) is 6.42 Å². The molecule has 2 aromatic rings. The number of anilines is 1. The van der Waals surface area contributed by atoms with E-state index in [1.165, 1.54) is 5.56 Å². The predicted octanol–water partition coefficient (Wildman–Crippen LogP) is 4.05. The molecule has 1 N–H and O–H groups in total. The first-order valence-electron chi connectivity index (χ1n) is 6.53. The van der Waals surface area contributed by atoms with E-state index in [0.717, 1.165) is 39.4 Å². The summed E-state index contributed by atoms with van der Waals surface area (Å²) in [6.45, 7) is 7.15. The van der Waals surface area contributed by atoms with Crippen molar-refractivity contribution in [1.82, 2.24) is 9.97 Å². The summed E-state index contributed by atoms with van der Waals surface area (Å²) in [6.07, 6.45) is 0.915. The molecule has 0 amide bonds. The van der Waals surface area contributed by atoms with Crippen LogP contribution in [0, 0.1) is 10.5 Å². The topological polar surface area (TPSA) is 37.8 Å². The van der Waals surface area contributed by atoms with Crippen molar-refractivity contribution in [2.24, 2.45) is 0 Å². The number of halogens is 1. The molecule has 0 fully saturated rings. The monoisotopic (exact) mass is 367 g/mol. The van der Waals surface area contributed by atoms with Crippen molar-refractivity contribution in [2.45, 2.75) is 27.2 Å². The van der Waals surface area contributed by atoms with E-state index in [9.17, 15) is 0 Å². The Morgan fingerprint density at radius 3 is 2.37 bits per heavy atom. The molecule has 2 rings (SSSR count). The van der Waals surface area contributed by atoms with Crippen LogP contribution in [0.2, 0.25) is 0 Å². The van der Waals surface area contributed by atoms with Gasteiger partial charge in [0.25, 0.3) is 0 Å². The quantitative estimate of drug-likeness (QED) is 0.829. The van der Waals surface area contributed by atoms with E-state index in [1.807, 2.05) is 0 Å². The zero-order chi connectivity index (χ0) is 13.8. The van der Waals surface area contributed by atoms with E-state index < -0.39 is 0 Å². The van der Waals surface area contributed by atoms with Crippen molar-refractivity contribution in [3.05, 3.63) is 39.1 Å². The first-order chi connectivity index (χ1) is 9.15. The third-order valence-electron chi connectivity index (χ3n) is 2.91. The van der Waals surface area contributed by atoms with Crippen molar-refractivity contribution in [3.8, 4) is 11.4 Å². The number of nitrogens with zero attached hydrogens (tertiary/aromatic N) is 2. The fourth-order valence-electron chi connectivity index (χ4n) is 1.84. The minimum Gasteiger partial charge on any atom is -0.369 e. The van der Waals surface area contributed by atoms with Crippen molar-refractivity contribution >= 4 is 28.4 Å². The summed E-state index contributed by atoms with van der Waals surface area (Å²) >= 11 is 2.32. The van der Waals surface area contributed by atoms with Gasteiger partial charge < -0.3 is 5.32 Å². The van der Waals surface area contributed by atoms with E-state index in [2.05, 4.69) is 82.9 Å². The molecule has 1 aromatic heterocycles. The van der Waals surface area contributed by atoms with Gasteiger partial charge in [-0.05, 0) is 42.9 Å². The van der Waals surface area contributed by atoms with Crippen molar-refractivity contribution in [1.29, 1.82) is 0 Å². The predicted molar refractivity (Wildman–Crippen MR) is 88.5 cm³/mol. The lowest BCUT2D eigenvalue weighted by molar-refractivity contribution is 0.982. The van der Waals surface area contributed by atoms with E-state index in [4.69, 9.17) is 0 Å². The molecule has 1 aromatic carbocycles. The third-order valence-corrected chi connectivity index (χ3v) is 4.04. The number of benzene rings is 1. The van der Waals surface area contributed by atoms with Gasteiger partial charge in [0, 0.05) is 12.1 Å². The summed E-state index contributed by atoms with van der Waals surface area (Å²) in [7, 11) is 0. The van der Waals surface area contributed by atoms with Gasteiger partial charge in [0.15, 0.2) is 5.82 Å². The number of hydrogen-bond acceptors (Lipinski definition) is 3. The lowest BCUT2D eigenvalue weighted by atomic mass is 10.1. The molecule has 0 saturated heterocycles. The van der Waals surface area contributed by atoms with Crippen LogP contribution in [0.25, 0.3) is 11.4 Å². The summed E-state index contributed by atoms with van der Waals surface area (Å²) in [5, 5.41) is 3.31. The minimum atomic E-state index is 0.799. The largest absolute Gasteiger partial charge is 0.369 e. The highest BCUT2D eigenvalue weighted by molar-refractivity contribution is 14.1. The molecule has 3 nitrogen and oxygen atoms in total. The molecular formula is C15H18IN3. The Hall–Kier alpha value is -1.17. The second-order valence-electron chi connectivity index (χ2n) is 4.41. The van der Waals surface area contributed by atoms with Crippen molar-refractivity contribution < 1.29 is 0 Å².